The Kier molecular flexibility index (Phi) is 24.3. The summed E-state index contributed by atoms with van der Waals surface area (Å²) < 4.78 is 37.1. The van der Waals surface area contributed by atoms with E-state index >= 15 is 0 Å². The summed E-state index contributed by atoms with van der Waals surface area (Å²) in [6.45, 7) is 62.6. The van der Waals surface area contributed by atoms with Crippen molar-refractivity contribution in [2.45, 2.75) is 336 Å². The van der Waals surface area contributed by atoms with Crippen molar-refractivity contribution in [2.24, 2.45) is 23.2 Å². The second-order valence-corrected chi connectivity index (χ2v) is 52.1. The predicted molar refractivity (Wildman–Crippen MR) is 330 cm³/mol. The Morgan fingerprint density at radius 1 is 0.639 bits per heavy atom. The Morgan fingerprint density at radius 2 is 1.14 bits per heavy atom. The molecule has 10 heteroatoms. The maximum atomic E-state index is 7.73. The summed E-state index contributed by atoms with van der Waals surface area (Å²) in [5, 5.41) is 0.282. The van der Waals surface area contributed by atoms with Crippen LogP contribution in [0.15, 0.2) is 35.5 Å². The van der Waals surface area contributed by atoms with Crippen molar-refractivity contribution >= 4 is 41.6 Å². The predicted octanol–water partition coefficient (Wildman–Crippen LogP) is 20.7. The molecule has 3 aliphatic carbocycles. The van der Waals surface area contributed by atoms with Crippen LogP contribution >= 0.6 is 0 Å². The van der Waals surface area contributed by atoms with Gasteiger partial charge >= 0.3 is 0 Å². The van der Waals surface area contributed by atoms with E-state index in [0.717, 1.165) is 25.7 Å². The lowest BCUT2D eigenvalue weighted by molar-refractivity contribution is -0.0376. The summed E-state index contributed by atoms with van der Waals surface area (Å²) in [5.74, 6) is 1.96. The van der Waals surface area contributed by atoms with Crippen molar-refractivity contribution in [3.8, 4) is 0 Å². The highest BCUT2D eigenvalue weighted by Gasteiger charge is 2.53. The molecule has 0 radical (unpaired) electrons. The van der Waals surface area contributed by atoms with Crippen molar-refractivity contribution in [3.05, 3.63) is 35.5 Å². The molecule has 0 N–H and O–H groups in total. The largest absolute Gasteiger partial charge is 0.413 e. The van der Waals surface area contributed by atoms with Gasteiger partial charge in [0.25, 0.3) is 0 Å². The van der Waals surface area contributed by atoms with Gasteiger partial charge in [0.2, 0.25) is 0 Å². The number of rotatable bonds is 29. The molecule has 3 aliphatic rings. The third-order valence-corrected chi connectivity index (χ3v) is 44.8. The summed E-state index contributed by atoms with van der Waals surface area (Å²) in [6.07, 6.45) is 19.6. The van der Waals surface area contributed by atoms with Gasteiger partial charge in [-0.1, -0.05) is 148 Å². The molecule has 0 aliphatic heterocycles. The van der Waals surface area contributed by atoms with E-state index in [2.05, 4.69) is 177 Å². The molecule has 3 saturated carbocycles. The molecule has 0 bridgehead atoms. The first kappa shape index (κ1) is 66.4. The lowest BCUT2D eigenvalue weighted by atomic mass is 9.60. The van der Waals surface area contributed by atoms with E-state index in [0.29, 0.717) is 17.8 Å². The van der Waals surface area contributed by atoms with Crippen LogP contribution in [0.2, 0.25) is 90.7 Å². The molecule has 0 aromatic carbocycles. The monoisotopic (exact) mass is 1090 g/mol. The van der Waals surface area contributed by atoms with E-state index in [1.165, 1.54) is 117 Å². The number of hydrogen-bond donors (Lipinski definition) is 0. The Balaban J connectivity index is 2.11. The van der Waals surface area contributed by atoms with Gasteiger partial charge in [0.15, 0.2) is 41.6 Å². The smallest absolute Gasteiger partial charge is 0.192 e. The third-order valence-electron chi connectivity index (χ3n) is 21.4. The summed E-state index contributed by atoms with van der Waals surface area (Å²) in [7, 11) is -9.60. The van der Waals surface area contributed by atoms with Crippen molar-refractivity contribution in [1.29, 1.82) is 0 Å². The molecule has 7 atom stereocenters. The minimum absolute atomic E-state index is 0.0000253. The minimum Gasteiger partial charge on any atom is -0.413 e. The molecule has 0 heterocycles. The lowest BCUT2D eigenvalue weighted by Gasteiger charge is -2.48. The van der Waals surface area contributed by atoms with E-state index < -0.39 is 41.6 Å². The molecular weight excluding hydrogens is 965 g/mol. The zero-order valence-corrected chi connectivity index (χ0v) is 57.7. The van der Waals surface area contributed by atoms with Gasteiger partial charge in [-0.05, 0) is 210 Å². The molecule has 5 nitrogen and oxygen atoms in total. The van der Waals surface area contributed by atoms with E-state index in [9.17, 15) is 0 Å². The van der Waals surface area contributed by atoms with Crippen LogP contribution in [0.3, 0.4) is 0 Å². The summed E-state index contributed by atoms with van der Waals surface area (Å²) in [4.78, 5) is 0. The molecule has 0 aromatic heterocycles. The van der Waals surface area contributed by atoms with E-state index in [4.69, 9.17) is 28.7 Å². The molecule has 3 rings (SSSR count). The van der Waals surface area contributed by atoms with Crippen LogP contribution in [0.1, 0.15) is 216 Å². The second-order valence-electron chi connectivity index (χ2n) is 28.5. The van der Waals surface area contributed by atoms with Crippen LogP contribution in [0, 0.1) is 23.2 Å². The molecule has 0 aromatic rings. The molecule has 4 unspecified atom stereocenters. The fourth-order valence-corrected chi connectivity index (χ4v) is 25.6. The molecule has 0 amide bonds. The second kappa shape index (κ2) is 26.4. The average Bonchev–Trinajstić information content (AvgIpc) is 3.66. The van der Waals surface area contributed by atoms with Crippen LogP contribution in [-0.2, 0) is 22.1 Å². The topological polar surface area (TPSA) is 46.2 Å². The Morgan fingerprint density at radius 3 is 1.64 bits per heavy atom. The van der Waals surface area contributed by atoms with Crippen molar-refractivity contribution in [3.63, 3.8) is 0 Å². The zero-order valence-electron chi connectivity index (χ0n) is 52.7. The highest BCUT2D eigenvalue weighted by molar-refractivity contribution is 6.75. The standard InChI is InChI=1S/C62H124O5Si5/c1-26-70(27-2,28-3)65-57(61(19,20)67-72(32-7,33-8)34-9)44-41-51(37-35-45-60(17,18)66-71(29-4,30-5)31-6)55-43-42-54-50(38-36-46-62(54,55)21)39-40-52-47-53(63-68(22,23)58(11,12)13)48-56(49(52)10)64-69(24,25)59(14,15)16/h39-40,51,53-57H,10,26-38,41-48H2,1-9,11-25H3/t51-,53?,54?,55?,56-,57?,62-/m0/s1. The zero-order chi connectivity index (χ0) is 55.0. The summed E-state index contributed by atoms with van der Waals surface area (Å²) in [6, 6.07) is 10.7. The molecule has 0 saturated heterocycles. The van der Waals surface area contributed by atoms with E-state index in [-0.39, 0.29) is 45.0 Å². The van der Waals surface area contributed by atoms with Gasteiger partial charge in [-0.3, -0.25) is 0 Å². The fraction of sp³-hybridized carbons (Fsp3) is 0.903. The average molecular weight is 1090 g/mol. The van der Waals surface area contributed by atoms with E-state index in [1.807, 2.05) is 0 Å². The van der Waals surface area contributed by atoms with Crippen molar-refractivity contribution in [2.75, 3.05) is 0 Å². The Labute approximate surface area is 455 Å². The highest BCUT2D eigenvalue weighted by Crippen LogP contribution is 2.61. The molecule has 422 valence electrons. The van der Waals surface area contributed by atoms with Crippen molar-refractivity contribution in [1.82, 2.24) is 0 Å². The van der Waals surface area contributed by atoms with Crippen LogP contribution in [0.25, 0.3) is 0 Å². The van der Waals surface area contributed by atoms with Crippen LogP contribution in [-0.4, -0.2) is 71.1 Å². The van der Waals surface area contributed by atoms with Crippen LogP contribution < -0.4 is 0 Å². The maximum absolute atomic E-state index is 7.73. The first-order valence-corrected chi connectivity index (χ1v) is 44.1. The van der Waals surface area contributed by atoms with Crippen LogP contribution in [0.4, 0.5) is 0 Å². The van der Waals surface area contributed by atoms with Crippen LogP contribution in [0.5, 0.6) is 0 Å². The van der Waals surface area contributed by atoms with Gasteiger partial charge in [0.1, 0.15) is 0 Å². The molecule has 3 fully saturated rings. The van der Waals surface area contributed by atoms with Gasteiger partial charge in [-0.25, -0.2) is 0 Å². The molecular formula is C62H124O5Si5. The maximum Gasteiger partial charge on any atom is 0.192 e. The van der Waals surface area contributed by atoms with E-state index in [1.54, 1.807) is 5.57 Å². The van der Waals surface area contributed by atoms with Gasteiger partial charge in [-0.15, -0.1) is 0 Å². The molecule has 0 spiro atoms. The number of allylic oxidation sites excluding steroid dienone is 3. The number of hydrogen-bond acceptors (Lipinski definition) is 5. The summed E-state index contributed by atoms with van der Waals surface area (Å²) >= 11 is 0. The van der Waals surface area contributed by atoms with Gasteiger partial charge in [-0.2, -0.15) is 0 Å². The number of fused-ring (bicyclic) bond motifs is 1. The van der Waals surface area contributed by atoms with Crippen molar-refractivity contribution < 1.29 is 22.1 Å². The first-order valence-electron chi connectivity index (χ1n) is 30.7. The lowest BCUT2D eigenvalue weighted by Crippen LogP contribution is -2.54. The van der Waals surface area contributed by atoms with Gasteiger partial charge < -0.3 is 22.1 Å². The normalized spacial score (nSPS) is 25.6. The van der Waals surface area contributed by atoms with Gasteiger partial charge in [0, 0.05) is 6.42 Å². The quantitative estimate of drug-likeness (QED) is 0.0699. The first-order chi connectivity index (χ1) is 33.1. The summed E-state index contributed by atoms with van der Waals surface area (Å²) in [5.41, 5.74) is 4.12. The SMILES string of the molecule is C=C1C(=CC=C2CCC[C@@]3(C)C2CCC3[C@@H](CCCC(C)(C)O[Si](CC)(CC)CC)CCC(O[Si](CC)(CC)CC)C(C)(C)O[Si](CC)(CC)CC)CC(O[Si](C)(C)C(C)(C)C)C[C@@H]1O[Si](C)(C)C(C)(C)C. The fourth-order valence-electron chi connectivity index (χ4n) is 13.6. The third kappa shape index (κ3) is 16.3. The molecule has 72 heavy (non-hydrogen) atoms. The van der Waals surface area contributed by atoms with Gasteiger partial charge in [0.05, 0.1) is 29.5 Å². The minimum atomic E-state index is -2.05. The Hall–Kier alpha value is 0.104. The Bertz CT molecular complexity index is 1720. The highest BCUT2D eigenvalue weighted by atomic mass is 28.4.